The average Bonchev–Trinajstić information content (AvgIpc) is 2.67. The van der Waals surface area contributed by atoms with Crippen molar-refractivity contribution < 1.29 is 18.3 Å². The Hall–Kier alpha value is -2.73. The summed E-state index contributed by atoms with van der Waals surface area (Å²) in [4.78, 5) is 14.4. The van der Waals surface area contributed by atoms with Gasteiger partial charge in [0.25, 0.3) is 0 Å². The monoisotopic (exact) mass is 386 g/mol. The molecule has 2 atom stereocenters. The van der Waals surface area contributed by atoms with Crippen LogP contribution in [-0.4, -0.2) is 31.7 Å². The molecule has 1 amide bonds. The van der Waals surface area contributed by atoms with E-state index in [0.29, 0.717) is 6.61 Å². The molecule has 1 aliphatic rings. The Morgan fingerprint density at radius 1 is 1.25 bits per heavy atom. The van der Waals surface area contributed by atoms with Crippen LogP contribution in [-0.2, 0) is 9.53 Å². The van der Waals surface area contributed by atoms with Gasteiger partial charge in [0, 0.05) is 30.4 Å². The quantitative estimate of drug-likeness (QED) is 0.788. The topological polar surface area (TPSA) is 41.6 Å². The number of hydrogen-bond acceptors (Lipinski definition) is 3. The lowest BCUT2D eigenvalue weighted by molar-refractivity contribution is -0.117. The van der Waals surface area contributed by atoms with E-state index >= 15 is 0 Å². The largest absolute Gasteiger partial charge is 0.375 e. The third-order valence-corrected chi connectivity index (χ3v) is 4.74. The lowest BCUT2D eigenvalue weighted by Gasteiger charge is -2.33. The summed E-state index contributed by atoms with van der Waals surface area (Å²) in [6.45, 7) is 6.25. The van der Waals surface area contributed by atoms with Gasteiger partial charge in [0.15, 0.2) is 0 Å². The molecule has 2 aromatic carbocycles. The van der Waals surface area contributed by atoms with Crippen LogP contribution in [0.15, 0.2) is 48.5 Å². The number of carbonyl (C=O) groups is 1. The van der Waals surface area contributed by atoms with Crippen molar-refractivity contribution in [3.05, 3.63) is 71.3 Å². The molecule has 2 aromatic rings. The summed E-state index contributed by atoms with van der Waals surface area (Å²) in [5, 5.41) is 2.83. The highest BCUT2D eigenvalue weighted by Crippen LogP contribution is 2.23. The number of nitrogens with zero attached hydrogens (tertiary/aromatic N) is 1. The third kappa shape index (κ3) is 4.95. The SMILES string of the molecule is CC1CN(c2cccc([C@@H](C)NC(=O)/C=C/c3c(F)cccc3F)c2)CCO1. The van der Waals surface area contributed by atoms with Crippen LogP contribution < -0.4 is 10.2 Å². The molecule has 1 unspecified atom stereocenters. The number of carbonyl (C=O) groups excluding carboxylic acids is 1. The van der Waals surface area contributed by atoms with E-state index in [-0.39, 0.29) is 17.7 Å². The van der Waals surface area contributed by atoms with Gasteiger partial charge in [0.05, 0.1) is 18.8 Å². The minimum absolute atomic E-state index is 0.179. The lowest BCUT2D eigenvalue weighted by atomic mass is 10.1. The maximum absolute atomic E-state index is 13.6. The van der Waals surface area contributed by atoms with Crippen LogP contribution >= 0.6 is 0 Å². The van der Waals surface area contributed by atoms with E-state index in [1.54, 1.807) is 0 Å². The zero-order valence-corrected chi connectivity index (χ0v) is 16.0. The Labute approximate surface area is 163 Å². The second-order valence-electron chi connectivity index (χ2n) is 6.92. The van der Waals surface area contributed by atoms with Crippen molar-refractivity contribution in [2.75, 3.05) is 24.6 Å². The van der Waals surface area contributed by atoms with E-state index in [0.717, 1.165) is 48.6 Å². The maximum atomic E-state index is 13.6. The molecule has 0 aromatic heterocycles. The number of ether oxygens (including phenoxy) is 1. The lowest BCUT2D eigenvalue weighted by Crippen LogP contribution is -2.41. The van der Waals surface area contributed by atoms with E-state index < -0.39 is 17.5 Å². The molecular formula is C22H24F2N2O2. The first-order valence-corrected chi connectivity index (χ1v) is 9.33. The first-order valence-electron chi connectivity index (χ1n) is 9.33. The molecule has 0 bridgehead atoms. The third-order valence-electron chi connectivity index (χ3n) is 4.74. The summed E-state index contributed by atoms with van der Waals surface area (Å²) in [7, 11) is 0. The number of halogens is 2. The van der Waals surface area contributed by atoms with Crippen molar-refractivity contribution in [2.24, 2.45) is 0 Å². The summed E-state index contributed by atoms with van der Waals surface area (Å²) in [6, 6.07) is 11.3. The molecule has 0 saturated carbocycles. The van der Waals surface area contributed by atoms with Crippen LogP contribution in [0, 0.1) is 11.6 Å². The van der Waals surface area contributed by atoms with Gasteiger partial charge in [-0.25, -0.2) is 8.78 Å². The van der Waals surface area contributed by atoms with Gasteiger partial charge in [0.2, 0.25) is 5.91 Å². The van der Waals surface area contributed by atoms with E-state index in [9.17, 15) is 13.6 Å². The zero-order chi connectivity index (χ0) is 20.1. The molecule has 1 aliphatic heterocycles. The summed E-state index contributed by atoms with van der Waals surface area (Å²) >= 11 is 0. The second kappa shape index (κ2) is 8.97. The van der Waals surface area contributed by atoms with E-state index in [4.69, 9.17) is 4.74 Å². The Balaban J connectivity index is 1.66. The van der Waals surface area contributed by atoms with Gasteiger partial charge in [-0.2, -0.15) is 0 Å². The summed E-state index contributed by atoms with van der Waals surface area (Å²) in [5.41, 5.74) is 1.81. The first-order chi connectivity index (χ1) is 13.4. The minimum Gasteiger partial charge on any atom is -0.375 e. The molecule has 6 heteroatoms. The molecule has 0 aliphatic carbocycles. The highest BCUT2D eigenvalue weighted by molar-refractivity contribution is 5.92. The van der Waals surface area contributed by atoms with E-state index in [2.05, 4.69) is 10.2 Å². The predicted molar refractivity (Wildman–Crippen MR) is 106 cm³/mol. The van der Waals surface area contributed by atoms with Crippen molar-refractivity contribution in [3.63, 3.8) is 0 Å². The number of amides is 1. The van der Waals surface area contributed by atoms with E-state index in [1.165, 1.54) is 6.07 Å². The standard InChI is InChI=1S/C22H24F2N2O2/c1-15-14-26(11-12-28-15)18-6-3-5-17(13-18)16(2)25-22(27)10-9-19-20(23)7-4-8-21(19)24/h3-10,13,15-16H,11-12,14H2,1-2H3,(H,25,27)/b10-9+/t15?,16-/m1/s1. The number of benzene rings is 2. The van der Waals surface area contributed by atoms with Crippen LogP contribution in [0.2, 0.25) is 0 Å². The van der Waals surface area contributed by atoms with Crippen LogP contribution in [0.1, 0.15) is 31.0 Å². The Bertz CT molecular complexity index is 849. The van der Waals surface area contributed by atoms with Crippen molar-refractivity contribution in [2.45, 2.75) is 26.0 Å². The molecule has 1 fully saturated rings. The van der Waals surface area contributed by atoms with Gasteiger partial charge < -0.3 is 15.0 Å². The van der Waals surface area contributed by atoms with Gasteiger partial charge in [-0.1, -0.05) is 18.2 Å². The molecule has 3 rings (SSSR count). The summed E-state index contributed by atoms with van der Waals surface area (Å²) in [5.74, 6) is -1.82. The van der Waals surface area contributed by atoms with Crippen LogP contribution in [0.3, 0.4) is 0 Å². The van der Waals surface area contributed by atoms with Crippen LogP contribution in [0.4, 0.5) is 14.5 Å². The van der Waals surface area contributed by atoms with Crippen molar-refractivity contribution in [3.8, 4) is 0 Å². The highest BCUT2D eigenvalue weighted by atomic mass is 19.1. The van der Waals surface area contributed by atoms with Crippen LogP contribution in [0.25, 0.3) is 6.08 Å². The molecule has 148 valence electrons. The number of morpholine rings is 1. The molecule has 4 nitrogen and oxygen atoms in total. The molecule has 28 heavy (non-hydrogen) atoms. The Kier molecular flexibility index (Phi) is 6.41. The predicted octanol–water partition coefficient (Wildman–Crippen LogP) is 4.08. The van der Waals surface area contributed by atoms with Crippen LogP contribution in [0.5, 0.6) is 0 Å². The molecule has 1 heterocycles. The van der Waals surface area contributed by atoms with Gasteiger partial charge in [0.1, 0.15) is 11.6 Å². The van der Waals surface area contributed by atoms with E-state index in [1.807, 2.05) is 38.1 Å². The number of hydrogen-bond donors (Lipinski definition) is 1. The maximum Gasteiger partial charge on any atom is 0.244 e. The van der Waals surface area contributed by atoms with Crippen molar-refractivity contribution in [1.82, 2.24) is 5.32 Å². The molecule has 1 saturated heterocycles. The fourth-order valence-electron chi connectivity index (χ4n) is 3.22. The Morgan fingerprint density at radius 2 is 1.96 bits per heavy atom. The molecule has 0 spiro atoms. The van der Waals surface area contributed by atoms with Crippen molar-refractivity contribution >= 4 is 17.7 Å². The summed E-state index contributed by atoms with van der Waals surface area (Å²) < 4.78 is 32.9. The molecular weight excluding hydrogens is 362 g/mol. The summed E-state index contributed by atoms with van der Waals surface area (Å²) in [6.07, 6.45) is 2.47. The minimum atomic E-state index is -0.704. The number of nitrogens with one attached hydrogen (secondary N) is 1. The first kappa shape index (κ1) is 20.0. The fraction of sp³-hybridized carbons (Fsp3) is 0.318. The fourth-order valence-corrected chi connectivity index (χ4v) is 3.22. The van der Waals surface area contributed by atoms with Gasteiger partial charge >= 0.3 is 0 Å². The van der Waals surface area contributed by atoms with Gasteiger partial charge in [-0.05, 0) is 49.8 Å². The van der Waals surface area contributed by atoms with Crippen molar-refractivity contribution in [1.29, 1.82) is 0 Å². The number of rotatable bonds is 5. The van der Waals surface area contributed by atoms with Gasteiger partial charge in [-0.3, -0.25) is 4.79 Å². The average molecular weight is 386 g/mol. The molecule has 0 radical (unpaired) electrons. The molecule has 1 N–H and O–H groups in total. The second-order valence-corrected chi connectivity index (χ2v) is 6.92. The zero-order valence-electron chi connectivity index (χ0n) is 16.0. The highest BCUT2D eigenvalue weighted by Gasteiger charge is 2.18. The van der Waals surface area contributed by atoms with Gasteiger partial charge in [-0.15, -0.1) is 0 Å². The number of anilines is 1. The normalized spacial score (nSPS) is 18.3. The smallest absolute Gasteiger partial charge is 0.244 e. The Morgan fingerprint density at radius 3 is 2.68 bits per heavy atom.